The fraction of sp³-hybridized carbons (Fsp3) is 0.364. The molecule has 0 aliphatic heterocycles. The first kappa shape index (κ1) is 14.8. The number of carbonyl (C=O) groups is 1. The number of anilines is 1. The molecule has 0 spiro atoms. The number of hydrogen-bond acceptors (Lipinski definition) is 5. The van der Waals surface area contributed by atoms with Crippen molar-refractivity contribution in [2.75, 3.05) is 24.3 Å². The highest BCUT2D eigenvalue weighted by Gasteiger charge is 2.09. The Balaban J connectivity index is 2.48. The molecule has 1 aromatic rings. The lowest BCUT2D eigenvalue weighted by molar-refractivity contribution is 0.0506. The van der Waals surface area contributed by atoms with Crippen LogP contribution in [0.4, 0.5) is 5.69 Å². The van der Waals surface area contributed by atoms with Gasteiger partial charge >= 0.3 is 5.97 Å². The first-order valence-corrected chi connectivity index (χ1v) is 7.63. The zero-order valence-electron chi connectivity index (χ0n) is 9.85. The van der Waals surface area contributed by atoms with Crippen molar-refractivity contribution < 1.29 is 17.9 Å². The van der Waals surface area contributed by atoms with Gasteiger partial charge in [-0.15, -0.1) is 0 Å². The van der Waals surface area contributed by atoms with Crippen molar-refractivity contribution in [1.82, 2.24) is 0 Å². The fourth-order valence-corrected chi connectivity index (χ4v) is 2.00. The molecule has 0 aliphatic carbocycles. The van der Waals surface area contributed by atoms with E-state index in [2.05, 4.69) is 0 Å². The van der Waals surface area contributed by atoms with Crippen LogP contribution in [0.1, 0.15) is 16.8 Å². The Labute approximate surface area is 111 Å². The average Bonchev–Trinajstić information content (AvgIpc) is 2.26. The number of carbonyl (C=O) groups excluding carboxylic acids is 1. The van der Waals surface area contributed by atoms with Gasteiger partial charge in [0, 0.05) is 6.26 Å². The summed E-state index contributed by atoms with van der Waals surface area (Å²) in [6.07, 6.45) is 1.41. The molecule has 0 aromatic heterocycles. The molecule has 5 nitrogen and oxygen atoms in total. The number of halogens is 1. The SMILES string of the molecule is CS(=O)(=O)CCCOC(=O)c1ccc(Cl)c(N)c1. The topological polar surface area (TPSA) is 86.5 Å². The van der Waals surface area contributed by atoms with Gasteiger partial charge in [-0.1, -0.05) is 11.6 Å². The van der Waals surface area contributed by atoms with Gasteiger partial charge in [0.1, 0.15) is 9.84 Å². The maximum Gasteiger partial charge on any atom is 0.338 e. The van der Waals surface area contributed by atoms with Gasteiger partial charge in [0.15, 0.2) is 0 Å². The van der Waals surface area contributed by atoms with E-state index >= 15 is 0 Å². The third-order valence-electron chi connectivity index (χ3n) is 2.12. The second-order valence-corrected chi connectivity index (χ2v) is 6.52. The van der Waals surface area contributed by atoms with Gasteiger partial charge in [-0.2, -0.15) is 0 Å². The van der Waals surface area contributed by atoms with Crippen LogP contribution >= 0.6 is 11.6 Å². The first-order chi connectivity index (χ1) is 8.29. The maximum absolute atomic E-state index is 11.6. The second kappa shape index (κ2) is 6.06. The van der Waals surface area contributed by atoms with Gasteiger partial charge in [-0.05, 0) is 24.6 Å². The van der Waals surface area contributed by atoms with E-state index in [1.165, 1.54) is 18.2 Å². The molecule has 7 heteroatoms. The van der Waals surface area contributed by atoms with Crippen LogP contribution in [0.3, 0.4) is 0 Å². The van der Waals surface area contributed by atoms with E-state index in [-0.39, 0.29) is 24.3 Å². The van der Waals surface area contributed by atoms with Crippen molar-refractivity contribution in [3.63, 3.8) is 0 Å². The van der Waals surface area contributed by atoms with E-state index in [4.69, 9.17) is 22.1 Å². The van der Waals surface area contributed by atoms with Crippen LogP contribution in [0.25, 0.3) is 0 Å². The van der Waals surface area contributed by atoms with E-state index in [0.717, 1.165) is 6.26 Å². The van der Waals surface area contributed by atoms with Crippen LogP contribution in [0.2, 0.25) is 5.02 Å². The molecule has 0 saturated carbocycles. The van der Waals surface area contributed by atoms with Crippen molar-refractivity contribution in [3.05, 3.63) is 28.8 Å². The fourth-order valence-electron chi connectivity index (χ4n) is 1.24. The lowest BCUT2D eigenvalue weighted by Gasteiger charge is -2.05. The van der Waals surface area contributed by atoms with E-state index in [9.17, 15) is 13.2 Å². The molecule has 0 atom stereocenters. The number of hydrogen-bond donors (Lipinski definition) is 1. The number of benzene rings is 1. The maximum atomic E-state index is 11.6. The summed E-state index contributed by atoms with van der Waals surface area (Å²) < 4.78 is 26.6. The van der Waals surface area contributed by atoms with Crippen LogP contribution in [-0.2, 0) is 14.6 Å². The molecule has 0 aliphatic rings. The summed E-state index contributed by atoms with van der Waals surface area (Å²) >= 11 is 5.72. The number of nitrogen functional groups attached to an aromatic ring is 1. The Bertz CT molecular complexity index is 542. The minimum atomic E-state index is -3.03. The van der Waals surface area contributed by atoms with Gasteiger partial charge in [-0.3, -0.25) is 0 Å². The minimum Gasteiger partial charge on any atom is -0.462 e. The molecule has 1 rings (SSSR count). The Morgan fingerprint density at radius 3 is 2.67 bits per heavy atom. The van der Waals surface area contributed by atoms with Crippen molar-refractivity contribution in [3.8, 4) is 0 Å². The van der Waals surface area contributed by atoms with Crippen LogP contribution in [-0.4, -0.2) is 33.0 Å². The first-order valence-electron chi connectivity index (χ1n) is 5.19. The zero-order chi connectivity index (χ0) is 13.8. The number of ether oxygens (including phenoxy) is 1. The lowest BCUT2D eigenvalue weighted by Crippen LogP contribution is -2.11. The molecule has 0 unspecified atom stereocenters. The van der Waals surface area contributed by atoms with Crippen LogP contribution in [0.15, 0.2) is 18.2 Å². The predicted molar refractivity (Wildman–Crippen MR) is 70.5 cm³/mol. The zero-order valence-corrected chi connectivity index (χ0v) is 11.4. The largest absolute Gasteiger partial charge is 0.462 e. The monoisotopic (exact) mass is 291 g/mol. The van der Waals surface area contributed by atoms with E-state index in [1.54, 1.807) is 0 Å². The smallest absolute Gasteiger partial charge is 0.338 e. The van der Waals surface area contributed by atoms with Crippen molar-refractivity contribution in [2.24, 2.45) is 0 Å². The Hall–Kier alpha value is -1.27. The molecule has 0 saturated heterocycles. The summed E-state index contributed by atoms with van der Waals surface area (Å²) in [6.45, 7) is 0.0500. The van der Waals surface area contributed by atoms with Crippen molar-refractivity contribution >= 4 is 33.1 Å². The molecule has 0 fully saturated rings. The van der Waals surface area contributed by atoms with Crippen LogP contribution in [0.5, 0.6) is 0 Å². The molecular formula is C11H14ClNO4S. The van der Waals surface area contributed by atoms with E-state index in [1.807, 2.05) is 0 Å². The second-order valence-electron chi connectivity index (χ2n) is 3.86. The number of rotatable bonds is 5. The van der Waals surface area contributed by atoms with Gasteiger partial charge in [0.25, 0.3) is 0 Å². The average molecular weight is 292 g/mol. The summed E-state index contributed by atoms with van der Waals surface area (Å²) in [5.74, 6) is -0.560. The van der Waals surface area contributed by atoms with Crippen molar-refractivity contribution in [2.45, 2.75) is 6.42 Å². The minimum absolute atomic E-state index is 0.0109. The standard InChI is InChI=1S/C11H14ClNO4S/c1-18(15,16)6-2-5-17-11(14)8-3-4-9(12)10(13)7-8/h3-4,7H,2,5-6,13H2,1H3. The quantitative estimate of drug-likeness (QED) is 0.505. The highest BCUT2D eigenvalue weighted by atomic mass is 35.5. The Kier molecular flexibility index (Phi) is 4.98. The third kappa shape index (κ3) is 4.93. The summed E-state index contributed by atoms with van der Waals surface area (Å²) in [5, 5.41) is 0.364. The number of esters is 1. The van der Waals surface area contributed by atoms with Gasteiger partial charge in [0.05, 0.1) is 28.6 Å². The molecule has 0 radical (unpaired) electrons. The highest BCUT2D eigenvalue weighted by Crippen LogP contribution is 2.19. The molecule has 100 valence electrons. The van der Waals surface area contributed by atoms with Crippen molar-refractivity contribution in [1.29, 1.82) is 0 Å². The van der Waals surface area contributed by atoms with Crippen LogP contribution in [0, 0.1) is 0 Å². The van der Waals surface area contributed by atoms with E-state index < -0.39 is 15.8 Å². The van der Waals surface area contributed by atoms with Gasteiger partial charge in [0.2, 0.25) is 0 Å². The molecule has 0 bridgehead atoms. The summed E-state index contributed by atoms with van der Waals surface area (Å²) in [6, 6.07) is 4.42. The highest BCUT2D eigenvalue weighted by molar-refractivity contribution is 7.90. The van der Waals surface area contributed by atoms with E-state index in [0.29, 0.717) is 10.7 Å². The summed E-state index contributed by atoms with van der Waals surface area (Å²) in [4.78, 5) is 11.6. The number of sulfone groups is 1. The Morgan fingerprint density at radius 2 is 2.11 bits per heavy atom. The third-order valence-corrected chi connectivity index (χ3v) is 3.50. The molecule has 0 amide bonds. The van der Waals surface area contributed by atoms with Gasteiger partial charge in [-0.25, -0.2) is 13.2 Å². The molecule has 0 heterocycles. The van der Waals surface area contributed by atoms with Gasteiger partial charge < -0.3 is 10.5 Å². The molecule has 18 heavy (non-hydrogen) atoms. The number of nitrogens with two attached hydrogens (primary N) is 1. The normalized spacial score (nSPS) is 11.2. The molecule has 2 N–H and O–H groups in total. The summed E-state index contributed by atoms with van der Waals surface area (Å²) in [7, 11) is -3.03. The predicted octanol–water partition coefficient (Wildman–Crippen LogP) is 1.51. The summed E-state index contributed by atoms with van der Waals surface area (Å²) in [5.41, 5.74) is 6.13. The molecule has 1 aromatic carbocycles. The molecular weight excluding hydrogens is 278 g/mol. The lowest BCUT2D eigenvalue weighted by atomic mass is 10.2. The Morgan fingerprint density at radius 1 is 1.44 bits per heavy atom. The van der Waals surface area contributed by atoms with Crippen LogP contribution < -0.4 is 5.73 Å².